The Hall–Kier alpha value is -1.17. The molecule has 1 unspecified atom stereocenters. The predicted octanol–water partition coefficient (Wildman–Crippen LogP) is 1.82. The molecule has 0 saturated carbocycles. The van der Waals surface area contributed by atoms with Gasteiger partial charge in [-0.1, -0.05) is 20.8 Å². The quantitative estimate of drug-likeness (QED) is 0.791. The number of aromatic nitrogens is 2. The number of anilines is 2. The van der Waals surface area contributed by atoms with Gasteiger partial charge in [-0.25, -0.2) is 9.97 Å². The highest BCUT2D eigenvalue weighted by Gasteiger charge is 2.13. The van der Waals surface area contributed by atoms with Crippen molar-refractivity contribution in [3.63, 3.8) is 0 Å². The molecule has 0 amide bonds. The molecule has 0 saturated heterocycles. The molecule has 1 heterocycles. The van der Waals surface area contributed by atoms with Crippen LogP contribution < -0.4 is 10.6 Å². The lowest BCUT2D eigenvalue weighted by atomic mass is 10.0. The lowest BCUT2D eigenvalue weighted by molar-refractivity contribution is 0.684. The fourth-order valence-electron chi connectivity index (χ4n) is 1.71. The maximum Gasteiger partial charge on any atom is 0.135 e. The zero-order valence-corrected chi connectivity index (χ0v) is 12.3. The number of hydrogen-bond acceptors (Lipinski definition) is 5. The third kappa shape index (κ3) is 3.94. The second-order valence-electron chi connectivity index (χ2n) is 4.25. The molecule has 0 aliphatic rings. The van der Waals surface area contributed by atoms with Gasteiger partial charge in [0.15, 0.2) is 0 Å². The van der Waals surface area contributed by atoms with E-state index < -0.39 is 10.8 Å². The topological polar surface area (TPSA) is 66.9 Å². The van der Waals surface area contributed by atoms with E-state index in [1.165, 1.54) is 6.33 Å². The Kier molecular flexibility index (Phi) is 6.04. The molecule has 102 valence electrons. The van der Waals surface area contributed by atoms with Crippen molar-refractivity contribution in [3.05, 3.63) is 11.9 Å². The average Bonchev–Trinajstić information content (AvgIpc) is 2.37. The van der Waals surface area contributed by atoms with Crippen molar-refractivity contribution in [2.75, 3.05) is 35.7 Å². The molecular formula is C12H22N4OS. The largest absolute Gasteiger partial charge is 0.373 e. The highest BCUT2D eigenvalue weighted by Crippen LogP contribution is 2.27. The molecular weight excluding hydrogens is 248 g/mol. The van der Waals surface area contributed by atoms with Gasteiger partial charge in [-0.05, 0) is 5.92 Å². The Morgan fingerprint density at radius 1 is 1.33 bits per heavy atom. The van der Waals surface area contributed by atoms with Gasteiger partial charge >= 0.3 is 0 Å². The first-order valence-electron chi connectivity index (χ1n) is 6.21. The molecule has 0 radical (unpaired) electrons. The van der Waals surface area contributed by atoms with Crippen molar-refractivity contribution in [1.29, 1.82) is 0 Å². The van der Waals surface area contributed by atoms with Gasteiger partial charge in [-0.3, -0.25) is 4.21 Å². The Morgan fingerprint density at radius 2 is 2.00 bits per heavy atom. The Balaban J connectivity index is 2.78. The summed E-state index contributed by atoms with van der Waals surface area (Å²) >= 11 is 0. The van der Waals surface area contributed by atoms with Crippen LogP contribution in [0.5, 0.6) is 0 Å². The highest BCUT2D eigenvalue weighted by atomic mass is 32.2. The van der Waals surface area contributed by atoms with Crippen molar-refractivity contribution in [1.82, 2.24) is 9.97 Å². The van der Waals surface area contributed by atoms with Crippen LogP contribution in [0.25, 0.3) is 0 Å². The Labute approximate surface area is 111 Å². The van der Waals surface area contributed by atoms with E-state index >= 15 is 0 Å². The average molecular weight is 270 g/mol. The van der Waals surface area contributed by atoms with Crippen molar-refractivity contribution in [2.45, 2.75) is 26.7 Å². The molecule has 1 rings (SSSR count). The molecule has 0 bridgehead atoms. The van der Waals surface area contributed by atoms with Crippen LogP contribution in [0.4, 0.5) is 11.6 Å². The molecule has 0 fully saturated rings. The standard InChI is InChI=1S/C12H22N4OS/c1-5-18(17)7-6-14-12-10(9(2)3)11(13-4)15-8-16-12/h8-9H,5-7H2,1-4H3,(H2,13,14,15,16). The third-order valence-corrected chi connectivity index (χ3v) is 3.95. The first kappa shape index (κ1) is 14.9. The zero-order chi connectivity index (χ0) is 13.5. The van der Waals surface area contributed by atoms with Gasteiger partial charge in [0, 0.05) is 41.5 Å². The van der Waals surface area contributed by atoms with E-state index in [0.29, 0.717) is 24.0 Å². The lowest BCUT2D eigenvalue weighted by Crippen LogP contribution is -2.15. The smallest absolute Gasteiger partial charge is 0.135 e. The van der Waals surface area contributed by atoms with Gasteiger partial charge in [0.2, 0.25) is 0 Å². The van der Waals surface area contributed by atoms with Crippen LogP contribution in [0.2, 0.25) is 0 Å². The van der Waals surface area contributed by atoms with E-state index in [4.69, 9.17) is 0 Å². The molecule has 0 aliphatic carbocycles. The molecule has 1 aromatic rings. The Bertz CT molecular complexity index is 409. The maximum atomic E-state index is 11.4. The van der Waals surface area contributed by atoms with Gasteiger partial charge in [-0.2, -0.15) is 0 Å². The number of nitrogens with one attached hydrogen (secondary N) is 2. The van der Waals surface area contributed by atoms with Crippen molar-refractivity contribution in [2.24, 2.45) is 0 Å². The predicted molar refractivity (Wildman–Crippen MR) is 77.7 cm³/mol. The summed E-state index contributed by atoms with van der Waals surface area (Å²) in [6.45, 7) is 6.81. The fraction of sp³-hybridized carbons (Fsp3) is 0.667. The van der Waals surface area contributed by atoms with Gasteiger partial charge in [0.1, 0.15) is 18.0 Å². The Morgan fingerprint density at radius 3 is 2.56 bits per heavy atom. The third-order valence-electron chi connectivity index (χ3n) is 2.64. The summed E-state index contributed by atoms with van der Waals surface area (Å²) < 4.78 is 11.4. The summed E-state index contributed by atoms with van der Waals surface area (Å²) in [5.41, 5.74) is 1.07. The van der Waals surface area contributed by atoms with Crippen LogP contribution in [0.15, 0.2) is 6.33 Å². The molecule has 5 nitrogen and oxygen atoms in total. The van der Waals surface area contributed by atoms with E-state index in [9.17, 15) is 4.21 Å². The second kappa shape index (κ2) is 7.31. The SMILES string of the molecule is CCS(=O)CCNc1ncnc(NC)c1C(C)C. The van der Waals surface area contributed by atoms with E-state index in [1.807, 2.05) is 14.0 Å². The zero-order valence-electron chi connectivity index (χ0n) is 11.5. The van der Waals surface area contributed by atoms with Crippen LogP contribution in [0.1, 0.15) is 32.3 Å². The van der Waals surface area contributed by atoms with Gasteiger partial charge in [-0.15, -0.1) is 0 Å². The van der Waals surface area contributed by atoms with E-state index in [-0.39, 0.29) is 0 Å². The first-order valence-corrected chi connectivity index (χ1v) is 7.70. The van der Waals surface area contributed by atoms with E-state index in [1.54, 1.807) is 0 Å². The van der Waals surface area contributed by atoms with Gasteiger partial charge < -0.3 is 10.6 Å². The summed E-state index contributed by atoms with van der Waals surface area (Å²) in [5, 5.41) is 6.33. The monoisotopic (exact) mass is 270 g/mol. The fourth-order valence-corrected chi connectivity index (χ4v) is 2.33. The summed E-state index contributed by atoms with van der Waals surface area (Å²) in [4.78, 5) is 8.49. The number of rotatable bonds is 7. The molecule has 1 atom stereocenters. The van der Waals surface area contributed by atoms with Crippen molar-refractivity contribution in [3.8, 4) is 0 Å². The molecule has 6 heteroatoms. The van der Waals surface area contributed by atoms with Gasteiger partial charge in [0.05, 0.1) is 0 Å². The normalized spacial score (nSPS) is 12.5. The van der Waals surface area contributed by atoms with Gasteiger partial charge in [0.25, 0.3) is 0 Å². The highest BCUT2D eigenvalue weighted by molar-refractivity contribution is 7.84. The van der Waals surface area contributed by atoms with Crippen LogP contribution in [-0.2, 0) is 10.8 Å². The molecule has 2 N–H and O–H groups in total. The van der Waals surface area contributed by atoms with E-state index in [0.717, 1.165) is 17.2 Å². The second-order valence-corrected chi connectivity index (χ2v) is 6.11. The van der Waals surface area contributed by atoms with Crippen LogP contribution >= 0.6 is 0 Å². The van der Waals surface area contributed by atoms with Crippen molar-refractivity contribution < 1.29 is 4.21 Å². The van der Waals surface area contributed by atoms with Crippen LogP contribution in [0, 0.1) is 0 Å². The van der Waals surface area contributed by atoms with Crippen molar-refractivity contribution >= 4 is 22.4 Å². The molecule has 1 aromatic heterocycles. The summed E-state index contributed by atoms with van der Waals surface area (Å²) in [7, 11) is 1.10. The number of hydrogen-bond donors (Lipinski definition) is 2. The molecule has 0 spiro atoms. The molecule has 0 aromatic carbocycles. The first-order chi connectivity index (χ1) is 8.60. The molecule has 18 heavy (non-hydrogen) atoms. The van der Waals surface area contributed by atoms with E-state index in [2.05, 4.69) is 34.4 Å². The summed E-state index contributed by atoms with van der Waals surface area (Å²) in [6, 6.07) is 0. The minimum atomic E-state index is -0.747. The molecule has 0 aliphatic heterocycles. The summed E-state index contributed by atoms with van der Waals surface area (Å²) in [6.07, 6.45) is 1.54. The van der Waals surface area contributed by atoms with Crippen LogP contribution in [0.3, 0.4) is 0 Å². The maximum absolute atomic E-state index is 11.4. The minimum Gasteiger partial charge on any atom is -0.373 e. The lowest BCUT2D eigenvalue weighted by Gasteiger charge is -2.16. The minimum absolute atomic E-state index is 0.327. The number of nitrogens with zero attached hydrogens (tertiary/aromatic N) is 2. The van der Waals surface area contributed by atoms with Crippen LogP contribution in [-0.4, -0.2) is 39.3 Å². The summed E-state index contributed by atoms with van der Waals surface area (Å²) in [5.74, 6) is 3.35.